The topological polar surface area (TPSA) is 12.0 Å². The van der Waals surface area contributed by atoms with Crippen LogP contribution in [0.15, 0.2) is 56.7 Å². The minimum Gasteiger partial charge on any atom is -0.310 e. The van der Waals surface area contributed by atoms with Gasteiger partial charge in [-0.15, -0.1) is 0 Å². The van der Waals surface area contributed by atoms with E-state index in [0.717, 1.165) is 22.3 Å². The highest BCUT2D eigenvalue weighted by atomic mass is 79.9. The van der Waals surface area contributed by atoms with Gasteiger partial charge in [0.05, 0.1) is 0 Å². The molecular weight excluding hydrogens is 349 g/mol. The summed E-state index contributed by atoms with van der Waals surface area (Å²) in [5.74, 6) is -0.180. The lowest BCUT2D eigenvalue weighted by atomic mass is 10.1. The lowest BCUT2D eigenvalue weighted by molar-refractivity contribution is 0.568. The Morgan fingerprint density at radius 1 is 1.24 bits per heavy atom. The zero-order valence-electron chi connectivity index (χ0n) is 12.2. The lowest BCUT2D eigenvalue weighted by Crippen LogP contribution is -2.19. The highest BCUT2D eigenvalue weighted by Crippen LogP contribution is 2.33. The number of rotatable bonds is 6. The summed E-state index contributed by atoms with van der Waals surface area (Å²) in [5, 5.41) is 3.47. The fourth-order valence-electron chi connectivity index (χ4n) is 2.05. The molecule has 0 bridgehead atoms. The molecule has 0 amide bonds. The molecule has 0 aliphatic heterocycles. The summed E-state index contributed by atoms with van der Waals surface area (Å²) in [6.45, 7) is 5.31. The molecule has 1 atom stereocenters. The third-order valence-corrected chi connectivity index (χ3v) is 4.93. The summed E-state index contributed by atoms with van der Waals surface area (Å²) in [4.78, 5) is 1.67. The van der Waals surface area contributed by atoms with Crippen LogP contribution in [0.5, 0.6) is 0 Å². The second-order valence-electron chi connectivity index (χ2n) is 4.89. The summed E-state index contributed by atoms with van der Waals surface area (Å²) in [6, 6.07) is 13.3. The molecule has 21 heavy (non-hydrogen) atoms. The smallest absolute Gasteiger partial charge is 0.137 e. The average Bonchev–Trinajstić information content (AvgIpc) is 2.47. The Morgan fingerprint density at radius 2 is 2.00 bits per heavy atom. The Morgan fingerprint density at radius 3 is 2.67 bits per heavy atom. The molecule has 4 heteroatoms. The van der Waals surface area contributed by atoms with Gasteiger partial charge in [0.25, 0.3) is 0 Å². The van der Waals surface area contributed by atoms with Crippen molar-refractivity contribution in [2.75, 3.05) is 6.54 Å². The number of nitrogens with one attached hydrogen (secondary N) is 1. The van der Waals surface area contributed by atoms with Crippen molar-refractivity contribution >= 4 is 27.7 Å². The van der Waals surface area contributed by atoms with Crippen molar-refractivity contribution in [3.8, 4) is 0 Å². The predicted octanol–water partition coefficient (Wildman–Crippen LogP) is 5.80. The SMILES string of the molecule is CCCNC(C)c1ccc(Sc2ccccc2F)cc1Br. The van der Waals surface area contributed by atoms with E-state index in [2.05, 4.69) is 47.2 Å². The predicted molar refractivity (Wildman–Crippen MR) is 91.4 cm³/mol. The largest absolute Gasteiger partial charge is 0.310 e. The standard InChI is InChI=1S/C17H19BrFNS/c1-3-10-20-12(2)14-9-8-13(11-15(14)18)21-17-7-5-4-6-16(17)19/h4-9,11-12,20H,3,10H2,1-2H3. The Hall–Kier alpha value is -0.840. The maximum atomic E-state index is 13.7. The van der Waals surface area contributed by atoms with Gasteiger partial charge in [-0.1, -0.05) is 52.8 Å². The first-order valence-electron chi connectivity index (χ1n) is 7.07. The van der Waals surface area contributed by atoms with E-state index >= 15 is 0 Å². The van der Waals surface area contributed by atoms with Crippen molar-refractivity contribution in [3.05, 3.63) is 58.3 Å². The van der Waals surface area contributed by atoms with Gasteiger partial charge in [0.15, 0.2) is 0 Å². The van der Waals surface area contributed by atoms with Crippen LogP contribution in [0.25, 0.3) is 0 Å². The molecule has 2 rings (SSSR count). The Labute approximate surface area is 138 Å². The molecule has 2 aromatic carbocycles. The Balaban J connectivity index is 2.14. The molecule has 1 N–H and O–H groups in total. The molecular formula is C17H19BrFNS. The van der Waals surface area contributed by atoms with Crippen LogP contribution in [0.2, 0.25) is 0 Å². The van der Waals surface area contributed by atoms with Gasteiger partial charge in [-0.25, -0.2) is 4.39 Å². The minimum absolute atomic E-state index is 0.180. The van der Waals surface area contributed by atoms with Crippen LogP contribution in [0.1, 0.15) is 31.9 Å². The van der Waals surface area contributed by atoms with E-state index in [4.69, 9.17) is 0 Å². The number of halogens is 2. The Kier molecular flexibility index (Phi) is 6.27. The fourth-order valence-corrected chi connectivity index (χ4v) is 3.80. The highest BCUT2D eigenvalue weighted by Gasteiger charge is 2.10. The second-order valence-corrected chi connectivity index (χ2v) is 6.86. The van der Waals surface area contributed by atoms with Gasteiger partial charge in [0.2, 0.25) is 0 Å². The molecule has 0 saturated carbocycles. The molecule has 1 unspecified atom stereocenters. The maximum Gasteiger partial charge on any atom is 0.137 e. The monoisotopic (exact) mass is 367 g/mol. The van der Waals surface area contributed by atoms with E-state index in [9.17, 15) is 4.39 Å². The van der Waals surface area contributed by atoms with E-state index in [1.807, 2.05) is 12.1 Å². The molecule has 0 aliphatic rings. The van der Waals surface area contributed by atoms with Crippen LogP contribution in [-0.2, 0) is 0 Å². The molecule has 112 valence electrons. The molecule has 0 aromatic heterocycles. The first-order valence-corrected chi connectivity index (χ1v) is 8.68. The zero-order valence-corrected chi connectivity index (χ0v) is 14.6. The van der Waals surface area contributed by atoms with Crippen molar-refractivity contribution in [1.82, 2.24) is 5.32 Å². The van der Waals surface area contributed by atoms with Crippen molar-refractivity contribution in [2.24, 2.45) is 0 Å². The van der Waals surface area contributed by atoms with Crippen molar-refractivity contribution in [3.63, 3.8) is 0 Å². The van der Waals surface area contributed by atoms with E-state index in [-0.39, 0.29) is 5.82 Å². The van der Waals surface area contributed by atoms with E-state index in [1.54, 1.807) is 12.1 Å². The molecule has 1 nitrogen and oxygen atoms in total. The van der Waals surface area contributed by atoms with Gasteiger partial charge in [0.1, 0.15) is 5.82 Å². The second kappa shape index (κ2) is 7.97. The van der Waals surface area contributed by atoms with Crippen molar-refractivity contribution in [2.45, 2.75) is 36.1 Å². The van der Waals surface area contributed by atoms with E-state index in [0.29, 0.717) is 10.9 Å². The normalized spacial score (nSPS) is 12.4. The number of benzene rings is 2. The van der Waals surface area contributed by atoms with Gasteiger partial charge >= 0.3 is 0 Å². The van der Waals surface area contributed by atoms with Crippen LogP contribution >= 0.6 is 27.7 Å². The molecule has 0 aliphatic carbocycles. The van der Waals surface area contributed by atoms with E-state index < -0.39 is 0 Å². The van der Waals surface area contributed by atoms with Crippen LogP contribution < -0.4 is 5.32 Å². The van der Waals surface area contributed by atoms with Crippen LogP contribution in [-0.4, -0.2) is 6.54 Å². The summed E-state index contributed by atoms with van der Waals surface area (Å²) < 4.78 is 14.7. The minimum atomic E-state index is -0.180. The molecule has 0 saturated heterocycles. The zero-order chi connectivity index (χ0) is 15.2. The summed E-state index contributed by atoms with van der Waals surface area (Å²) >= 11 is 5.07. The third-order valence-electron chi connectivity index (χ3n) is 3.20. The van der Waals surface area contributed by atoms with Crippen LogP contribution in [0, 0.1) is 5.82 Å². The van der Waals surface area contributed by atoms with Gasteiger partial charge in [-0.05, 0) is 49.7 Å². The third kappa shape index (κ3) is 4.56. The van der Waals surface area contributed by atoms with Crippen LogP contribution in [0.3, 0.4) is 0 Å². The summed E-state index contributed by atoms with van der Waals surface area (Å²) in [7, 11) is 0. The fraction of sp³-hybridized carbons (Fsp3) is 0.294. The van der Waals surface area contributed by atoms with E-state index in [1.165, 1.54) is 23.4 Å². The highest BCUT2D eigenvalue weighted by molar-refractivity contribution is 9.10. The van der Waals surface area contributed by atoms with Crippen LogP contribution in [0.4, 0.5) is 4.39 Å². The van der Waals surface area contributed by atoms with Crippen molar-refractivity contribution < 1.29 is 4.39 Å². The van der Waals surface area contributed by atoms with Crippen molar-refractivity contribution in [1.29, 1.82) is 0 Å². The quantitative estimate of drug-likeness (QED) is 0.692. The number of hydrogen-bond donors (Lipinski definition) is 1. The maximum absolute atomic E-state index is 13.7. The van der Waals surface area contributed by atoms with Gasteiger partial charge in [-0.3, -0.25) is 0 Å². The number of hydrogen-bond acceptors (Lipinski definition) is 2. The average molecular weight is 368 g/mol. The van der Waals surface area contributed by atoms with Gasteiger partial charge in [-0.2, -0.15) is 0 Å². The first kappa shape index (κ1) is 16.5. The lowest BCUT2D eigenvalue weighted by Gasteiger charge is -2.16. The summed E-state index contributed by atoms with van der Waals surface area (Å²) in [5.41, 5.74) is 1.22. The van der Waals surface area contributed by atoms with Gasteiger partial charge < -0.3 is 5.32 Å². The molecule has 0 fully saturated rings. The van der Waals surface area contributed by atoms with Gasteiger partial charge in [0, 0.05) is 20.3 Å². The molecule has 0 heterocycles. The molecule has 0 spiro atoms. The first-order chi connectivity index (χ1) is 10.1. The molecule has 2 aromatic rings. The summed E-state index contributed by atoms with van der Waals surface area (Å²) in [6.07, 6.45) is 1.11. The molecule has 0 radical (unpaired) electrons. The Bertz CT molecular complexity index is 603.